The third kappa shape index (κ3) is 2.85. The summed E-state index contributed by atoms with van der Waals surface area (Å²) in [5, 5.41) is 12.0. The van der Waals surface area contributed by atoms with Crippen molar-refractivity contribution in [2.24, 2.45) is 5.92 Å². The van der Waals surface area contributed by atoms with Crippen molar-refractivity contribution in [1.82, 2.24) is 15.1 Å². The van der Waals surface area contributed by atoms with Crippen LogP contribution in [0.5, 0.6) is 0 Å². The fraction of sp³-hybridized carbons (Fsp3) is 0.857. The highest BCUT2D eigenvalue weighted by atomic mass is 16.5. The predicted molar refractivity (Wildman–Crippen MR) is 75.0 cm³/mol. The molecule has 3 saturated heterocycles. The average Bonchev–Trinajstić information content (AvgIpc) is 3.05. The minimum Gasteiger partial charge on any atom is -0.481 e. The van der Waals surface area contributed by atoms with Gasteiger partial charge in [-0.2, -0.15) is 0 Å². The van der Waals surface area contributed by atoms with Gasteiger partial charge in [-0.3, -0.25) is 9.69 Å². The van der Waals surface area contributed by atoms with Crippen LogP contribution < -0.4 is 5.32 Å². The van der Waals surface area contributed by atoms with Crippen molar-refractivity contribution in [2.75, 3.05) is 32.8 Å². The smallest absolute Gasteiger partial charge is 0.318 e. The van der Waals surface area contributed by atoms with Crippen LogP contribution in [-0.2, 0) is 9.53 Å². The van der Waals surface area contributed by atoms with E-state index in [9.17, 15) is 9.59 Å². The second-order valence-corrected chi connectivity index (χ2v) is 6.33. The number of fused-ring (bicyclic) bond motifs is 1. The van der Waals surface area contributed by atoms with Crippen molar-refractivity contribution in [3.63, 3.8) is 0 Å². The summed E-state index contributed by atoms with van der Waals surface area (Å²) in [6, 6.07) is 0.0339. The lowest BCUT2D eigenvalue weighted by Gasteiger charge is -2.42. The van der Waals surface area contributed by atoms with Crippen LogP contribution in [0.25, 0.3) is 0 Å². The molecule has 0 spiro atoms. The standard InChI is InChI=1S/C14H23N3O4/c1-9-5-16-4-2-3-10(16)6-17(9)14(20)15-12-8-21-7-11(12)13(18)19/h9-12H,2-8H2,1H3,(H,15,20)(H,18,19). The summed E-state index contributed by atoms with van der Waals surface area (Å²) in [6.45, 7) is 5.27. The highest BCUT2D eigenvalue weighted by Gasteiger charge is 2.39. The minimum absolute atomic E-state index is 0.157. The first-order chi connectivity index (χ1) is 10.1. The number of amides is 2. The zero-order valence-electron chi connectivity index (χ0n) is 12.3. The van der Waals surface area contributed by atoms with Crippen LogP contribution in [0.1, 0.15) is 19.8 Å². The Morgan fingerprint density at radius 1 is 1.29 bits per heavy atom. The summed E-state index contributed by atoms with van der Waals surface area (Å²) in [5.41, 5.74) is 0. The minimum atomic E-state index is -0.911. The molecule has 3 aliphatic rings. The van der Waals surface area contributed by atoms with Gasteiger partial charge in [0.05, 0.1) is 19.3 Å². The van der Waals surface area contributed by atoms with Gasteiger partial charge in [0.1, 0.15) is 5.92 Å². The average molecular weight is 297 g/mol. The van der Waals surface area contributed by atoms with Gasteiger partial charge in [0.25, 0.3) is 0 Å². The molecule has 0 aliphatic carbocycles. The second kappa shape index (κ2) is 5.81. The summed E-state index contributed by atoms with van der Waals surface area (Å²) >= 11 is 0. The predicted octanol–water partition coefficient (Wildman–Crippen LogP) is -0.0359. The molecule has 7 heteroatoms. The maximum atomic E-state index is 12.5. The molecule has 0 radical (unpaired) electrons. The zero-order chi connectivity index (χ0) is 15.0. The Kier molecular flexibility index (Phi) is 4.03. The summed E-state index contributed by atoms with van der Waals surface area (Å²) in [5.74, 6) is -1.55. The molecule has 3 aliphatic heterocycles. The zero-order valence-corrected chi connectivity index (χ0v) is 12.3. The van der Waals surface area contributed by atoms with Crippen molar-refractivity contribution < 1.29 is 19.4 Å². The molecule has 118 valence electrons. The van der Waals surface area contributed by atoms with Crippen molar-refractivity contribution in [3.8, 4) is 0 Å². The van der Waals surface area contributed by atoms with Gasteiger partial charge < -0.3 is 20.1 Å². The number of hydrogen-bond acceptors (Lipinski definition) is 4. The first-order valence-corrected chi connectivity index (χ1v) is 7.68. The van der Waals surface area contributed by atoms with Gasteiger partial charge in [-0.1, -0.05) is 0 Å². The fourth-order valence-electron chi connectivity index (χ4n) is 3.65. The molecule has 0 aromatic heterocycles. The molecule has 0 aromatic carbocycles. The number of aliphatic carboxylic acids is 1. The first-order valence-electron chi connectivity index (χ1n) is 7.68. The van der Waals surface area contributed by atoms with Gasteiger partial charge in [0.15, 0.2) is 0 Å². The molecule has 7 nitrogen and oxygen atoms in total. The van der Waals surface area contributed by atoms with E-state index in [2.05, 4.69) is 10.2 Å². The molecule has 4 atom stereocenters. The highest BCUT2D eigenvalue weighted by molar-refractivity contribution is 5.77. The van der Waals surface area contributed by atoms with E-state index in [0.29, 0.717) is 6.04 Å². The Morgan fingerprint density at radius 3 is 2.86 bits per heavy atom. The topological polar surface area (TPSA) is 82.1 Å². The lowest BCUT2D eigenvalue weighted by Crippen LogP contribution is -2.60. The molecule has 0 bridgehead atoms. The number of urea groups is 1. The lowest BCUT2D eigenvalue weighted by atomic mass is 10.0. The van der Waals surface area contributed by atoms with Gasteiger partial charge in [-0.05, 0) is 26.3 Å². The van der Waals surface area contributed by atoms with Gasteiger partial charge in [-0.25, -0.2) is 4.79 Å². The van der Waals surface area contributed by atoms with Crippen LogP contribution in [-0.4, -0.2) is 77.9 Å². The molecular formula is C14H23N3O4. The van der Waals surface area contributed by atoms with Crippen LogP contribution in [0.3, 0.4) is 0 Å². The quantitative estimate of drug-likeness (QED) is 0.747. The third-order valence-electron chi connectivity index (χ3n) is 4.90. The molecule has 2 N–H and O–H groups in total. The molecule has 0 aromatic rings. The molecule has 4 unspecified atom stereocenters. The van der Waals surface area contributed by atoms with Gasteiger partial charge in [-0.15, -0.1) is 0 Å². The third-order valence-corrected chi connectivity index (χ3v) is 4.90. The van der Waals surface area contributed by atoms with E-state index in [4.69, 9.17) is 9.84 Å². The number of carboxylic acids is 1. The number of nitrogens with one attached hydrogen (secondary N) is 1. The number of carbonyl (C=O) groups excluding carboxylic acids is 1. The maximum Gasteiger partial charge on any atom is 0.318 e. The van der Waals surface area contributed by atoms with Gasteiger partial charge in [0.2, 0.25) is 0 Å². The molecular weight excluding hydrogens is 274 g/mol. The monoisotopic (exact) mass is 297 g/mol. The van der Waals surface area contributed by atoms with E-state index in [1.54, 1.807) is 0 Å². The number of hydrogen-bond donors (Lipinski definition) is 2. The summed E-state index contributed by atoms with van der Waals surface area (Å²) in [7, 11) is 0. The SMILES string of the molecule is CC1CN2CCCC2CN1C(=O)NC1COCC1C(=O)O. The van der Waals surface area contributed by atoms with Crippen LogP contribution in [0.15, 0.2) is 0 Å². The van der Waals surface area contributed by atoms with E-state index >= 15 is 0 Å². The maximum absolute atomic E-state index is 12.5. The number of carboxylic acid groups (broad SMARTS) is 1. The van der Waals surface area contributed by atoms with E-state index in [0.717, 1.165) is 26.1 Å². The molecule has 21 heavy (non-hydrogen) atoms. The summed E-state index contributed by atoms with van der Waals surface area (Å²) < 4.78 is 5.19. The van der Waals surface area contributed by atoms with E-state index in [1.165, 1.54) is 6.42 Å². The van der Waals surface area contributed by atoms with Crippen LogP contribution in [0, 0.1) is 5.92 Å². The number of nitrogens with zero attached hydrogens (tertiary/aromatic N) is 2. The Labute approximate surface area is 124 Å². The van der Waals surface area contributed by atoms with Gasteiger partial charge >= 0.3 is 12.0 Å². The van der Waals surface area contributed by atoms with Crippen molar-refractivity contribution in [1.29, 1.82) is 0 Å². The Balaban J connectivity index is 1.61. The Bertz CT molecular complexity index is 430. The van der Waals surface area contributed by atoms with Crippen molar-refractivity contribution >= 4 is 12.0 Å². The second-order valence-electron chi connectivity index (χ2n) is 6.33. The lowest BCUT2D eigenvalue weighted by molar-refractivity contribution is -0.142. The number of ether oxygens (including phenoxy) is 1. The summed E-state index contributed by atoms with van der Waals surface area (Å²) in [4.78, 5) is 27.9. The van der Waals surface area contributed by atoms with Crippen LogP contribution in [0.4, 0.5) is 4.79 Å². The largest absolute Gasteiger partial charge is 0.481 e. The van der Waals surface area contributed by atoms with Crippen molar-refractivity contribution in [2.45, 2.75) is 37.9 Å². The summed E-state index contributed by atoms with van der Waals surface area (Å²) in [6.07, 6.45) is 2.34. The Morgan fingerprint density at radius 2 is 2.10 bits per heavy atom. The molecule has 0 saturated carbocycles. The number of carbonyl (C=O) groups is 2. The number of piperazine rings is 1. The van der Waals surface area contributed by atoms with Crippen LogP contribution in [0.2, 0.25) is 0 Å². The first kappa shape index (κ1) is 14.6. The molecule has 3 fully saturated rings. The Hall–Kier alpha value is -1.34. The van der Waals surface area contributed by atoms with Gasteiger partial charge in [0, 0.05) is 25.2 Å². The van der Waals surface area contributed by atoms with E-state index < -0.39 is 17.9 Å². The molecule has 3 rings (SSSR count). The van der Waals surface area contributed by atoms with Crippen molar-refractivity contribution in [3.05, 3.63) is 0 Å². The highest BCUT2D eigenvalue weighted by Crippen LogP contribution is 2.25. The molecule has 2 amide bonds. The van der Waals surface area contributed by atoms with E-state index in [-0.39, 0.29) is 25.3 Å². The normalized spacial score (nSPS) is 36.5. The molecule has 3 heterocycles. The number of rotatable bonds is 2. The van der Waals surface area contributed by atoms with Crippen LogP contribution >= 0.6 is 0 Å². The fourth-order valence-corrected chi connectivity index (χ4v) is 3.65. The van der Waals surface area contributed by atoms with E-state index in [1.807, 2.05) is 11.8 Å².